The number of aryl methyl sites for hydroxylation is 1. The summed E-state index contributed by atoms with van der Waals surface area (Å²) >= 11 is 1.86. The van der Waals surface area contributed by atoms with Crippen molar-refractivity contribution in [3.63, 3.8) is 0 Å². The predicted octanol–water partition coefficient (Wildman–Crippen LogP) is 2.37. The van der Waals surface area contributed by atoms with Crippen molar-refractivity contribution in [1.29, 1.82) is 0 Å². The highest BCUT2D eigenvalue weighted by molar-refractivity contribution is 7.12. The molecular weight excluding hydrogens is 220 g/mol. The summed E-state index contributed by atoms with van der Waals surface area (Å²) in [7, 11) is 0. The summed E-state index contributed by atoms with van der Waals surface area (Å²) in [6, 6.07) is 0.245. The van der Waals surface area contributed by atoms with Crippen LogP contribution in [-0.2, 0) is 11.2 Å². The molecule has 1 aromatic rings. The highest BCUT2D eigenvalue weighted by atomic mass is 32.1. The topological polar surface area (TPSA) is 48.1 Å². The van der Waals surface area contributed by atoms with Crippen molar-refractivity contribution in [2.45, 2.75) is 44.1 Å². The van der Waals surface area contributed by atoms with Crippen LogP contribution in [0.3, 0.4) is 0 Å². The third kappa shape index (κ3) is 1.90. The van der Waals surface area contributed by atoms with Crippen LogP contribution in [0.5, 0.6) is 0 Å². The van der Waals surface area contributed by atoms with Gasteiger partial charge in [-0.2, -0.15) is 0 Å². The zero-order chi connectivity index (χ0) is 11.0. The minimum Gasteiger partial charge on any atom is -0.381 e. The first-order valence-corrected chi connectivity index (χ1v) is 6.99. The first-order valence-electron chi connectivity index (χ1n) is 6.17. The van der Waals surface area contributed by atoms with Crippen LogP contribution in [0.15, 0.2) is 0 Å². The van der Waals surface area contributed by atoms with Crippen LogP contribution in [0.1, 0.15) is 53.2 Å². The largest absolute Gasteiger partial charge is 0.381 e. The van der Waals surface area contributed by atoms with Crippen molar-refractivity contribution in [2.24, 2.45) is 5.73 Å². The first-order chi connectivity index (χ1) is 7.84. The summed E-state index contributed by atoms with van der Waals surface area (Å²) in [5.74, 6) is 0.622. The average molecular weight is 238 g/mol. The van der Waals surface area contributed by atoms with Gasteiger partial charge in [0.05, 0.1) is 10.7 Å². The van der Waals surface area contributed by atoms with Gasteiger partial charge in [0.2, 0.25) is 0 Å². The molecule has 1 saturated heterocycles. The summed E-state index contributed by atoms with van der Waals surface area (Å²) < 4.78 is 5.40. The van der Waals surface area contributed by atoms with Gasteiger partial charge in [0.15, 0.2) is 0 Å². The summed E-state index contributed by atoms with van der Waals surface area (Å²) in [6.07, 6.45) is 5.71. The lowest BCUT2D eigenvalue weighted by molar-refractivity contribution is 0.0852. The van der Waals surface area contributed by atoms with Crippen molar-refractivity contribution in [2.75, 3.05) is 13.2 Å². The molecule has 1 aliphatic carbocycles. The zero-order valence-electron chi connectivity index (χ0n) is 9.45. The Labute approximate surface area is 100 Å². The summed E-state index contributed by atoms with van der Waals surface area (Å²) in [6.45, 7) is 1.78. The number of thiazole rings is 1. The third-order valence-corrected chi connectivity index (χ3v) is 4.97. The number of nitrogens with zero attached hydrogens (tertiary/aromatic N) is 1. The normalized spacial score (nSPS) is 26.7. The molecule has 88 valence electrons. The Morgan fingerprint density at radius 3 is 2.81 bits per heavy atom. The highest BCUT2D eigenvalue weighted by Gasteiger charge is 2.25. The Balaban J connectivity index is 1.85. The van der Waals surface area contributed by atoms with E-state index in [-0.39, 0.29) is 6.04 Å². The maximum absolute atomic E-state index is 6.13. The van der Waals surface area contributed by atoms with Crippen molar-refractivity contribution in [3.8, 4) is 0 Å². The van der Waals surface area contributed by atoms with Crippen molar-refractivity contribution >= 4 is 11.3 Å². The SMILES string of the molecule is NC1CCCc2nc(C3CCOCC3)sc21. The van der Waals surface area contributed by atoms with Crippen LogP contribution in [0.4, 0.5) is 0 Å². The van der Waals surface area contributed by atoms with Crippen LogP contribution < -0.4 is 5.73 Å². The molecule has 0 radical (unpaired) electrons. The molecule has 1 unspecified atom stereocenters. The van der Waals surface area contributed by atoms with Crippen molar-refractivity contribution < 1.29 is 4.74 Å². The number of rotatable bonds is 1. The molecule has 1 atom stereocenters. The summed E-state index contributed by atoms with van der Waals surface area (Å²) in [5.41, 5.74) is 7.42. The van der Waals surface area contributed by atoms with Gasteiger partial charge < -0.3 is 10.5 Å². The molecule has 0 bridgehead atoms. The number of hydrogen-bond donors (Lipinski definition) is 1. The Morgan fingerprint density at radius 2 is 2.06 bits per heavy atom. The zero-order valence-corrected chi connectivity index (χ0v) is 10.3. The van der Waals surface area contributed by atoms with Gasteiger partial charge in [0.1, 0.15) is 0 Å². The highest BCUT2D eigenvalue weighted by Crippen LogP contribution is 2.37. The van der Waals surface area contributed by atoms with E-state index in [0.29, 0.717) is 5.92 Å². The fourth-order valence-electron chi connectivity index (χ4n) is 2.59. The minimum absolute atomic E-state index is 0.245. The second-order valence-electron chi connectivity index (χ2n) is 4.75. The van der Waals surface area contributed by atoms with E-state index in [1.807, 2.05) is 11.3 Å². The van der Waals surface area contributed by atoms with Gasteiger partial charge in [-0.1, -0.05) is 0 Å². The number of hydrogen-bond acceptors (Lipinski definition) is 4. The number of aromatic nitrogens is 1. The van der Waals surface area contributed by atoms with E-state index in [2.05, 4.69) is 0 Å². The maximum Gasteiger partial charge on any atom is 0.0964 e. The molecular formula is C12H18N2OS. The van der Waals surface area contributed by atoms with Gasteiger partial charge in [-0.05, 0) is 32.1 Å². The van der Waals surface area contributed by atoms with E-state index >= 15 is 0 Å². The molecule has 0 aromatic carbocycles. The second-order valence-corrected chi connectivity index (χ2v) is 5.81. The lowest BCUT2D eigenvalue weighted by atomic mass is 9.98. The fraction of sp³-hybridized carbons (Fsp3) is 0.750. The van der Waals surface area contributed by atoms with Crippen LogP contribution >= 0.6 is 11.3 Å². The molecule has 2 N–H and O–H groups in total. The fourth-order valence-corrected chi connectivity index (χ4v) is 3.91. The van der Waals surface area contributed by atoms with E-state index in [4.69, 9.17) is 15.5 Å². The summed E-state index contributed by atoms with van der Waals surface area (Å²) in [4.78, 5) is 6.16. The van der Waals surface area contributed by atoms with E-state index in [1.54, 1.807) is 0 Å². The second kappa shape index (κ2) is 4.43. The van der Waals surface area contributed by atoms with Crippen LogP contribution in [0, 0.1) is 0 Å². The molecule has 1 aliphatic heterocycles. The number of nitrogens with two attached hydrogens (primary N) is 1. The molecule has 16 heavy (non-hydrogen) atoms. The maximum atomic E-state index is 6.13. The molecule has 3 rings (SSSR count). The van der Waals surface area contributed by atoms with E-state index in [1.165, 1.54) is 22.0 Å². The third-order valence-electron chi connectivity index (χ3n) is 3.58. The monoisotopic (exact) mass is 238 g/mol. The molecule has 2 heterocycles. The Hall–Kier alpha value is -0.450. The minimum atomic E-state index is 0.245. The van der Waals surface area contributed by atoms with Gasteiger partial charge in [0.25, 0.3) is 0 Å². The van der Waals surface area contributed by atoms with E-state index < -0.39 is 0 Å². The molecule has 4 heteroatoms. The standard InChI is InChI=1S/C12H18N2OS/c13-9-2-1-3-10-11(9)16-12(14-10)8-4-6-15-7-5-8/h8-9H,1-7,13H2. The smallest absolute Gasteiger partial charge is 0.0964 e. The van der Waals surface area contributed by atoms with Crippen molar-refractivity contribution in [1.82, 2.24) is 4.98 Å². The summed E-state index contributed by atoms with van der Waals surface area (Å²) in [5, 5.41) is 1.31. The van der Waals surface area contributed by atoms with E-state index in [9.17, 15) is 0 Å². The predicted molar refractivity (Wildman–Crippen MR) is 64.8 cm³/mol. The van der Waals surface area contributed by atoms with Gasteiger partial charge in [-0.3, -0.25) is 0 Å². The lowest BCUT2D eigenvalue weighted by Gasteiger charge is -2.19. The quantitative estimate of drug-likeness (QED) is 0.817. The average Bonchev–Trinajstić information content (AvgIpc) is 2.76. The molecule has 0 amide bonds. The molecule has 1 aromatic heterocycles. The van der Waals surface area contributed by atoms with Crippen LogP contribution in [0.2, 0.25) is 0 Å². The Bertz CT molecular complexity index is 371. The van der Waals surface area contributed by atoms with E-state index in [0.717, 1.165) is 38.9 Å². The Kier molecular flexibility index (Phi) is 2.96. The van der Waals surface area contributed by atoms with Gasteiger partial charge in [-0.25, -0.2) is 4.98 Å². The molecule has 3 nitrogen and oxygen atoms in total. The van der Waals surface area contributed by atoms with Crippen molar-refractivity contribution in [3.05, 3.63) is 15.6 Å². The van der Waals surface area contributed by atoms with Gasteiger partial charge in [-0.15, -0.1) is 11.3 Å². The number of ether oxygens (including phenoxy) is 1. The molecule has 0 saturated carbocycles. The first kappa shape index (κ1) is 10.7. The molecule has 2 aliphatic rings. The molecule has 0 spiro atoms. The van der Waals surface area contributed by atoms with Gasteiger partial charge >= 0.3 is 0 Å². The van der Waals surface area contributed by atoms with Crippen LogP contribution in [0.25, 0.3) is 0 Å². The van der Waals surface area contributed by atoms with Gasteiger partial charge in [0, 0.05) is 30.1 Å². The lowest BCUT2D eigenvalue weighted by Crippen LogP contribution is -2.15. The van der Waals surface area contributed by atoms with Crippen LogP contribution in [-0.4, -0.2) is 18.2 Å². The number of fused-ring (bicyclic) bond motifs is 1. The molecule has 1 fully saturated rings. The Morgan fingerprint density at radius 1 is 1.25 bits per heavy atom.